The second-order valence-corrected chi connectivity index (χ2v) is 14.8. The van der Waals surface area contributed by atoms with Crippen LogP contribution in [0.3, 0.4) is 0 Å². The van der Waals surface area contributed by atoms with Crippen molar-refractivity contribution in [3.05, 3.63) is 59.1 Å². The molecule has 4 atom stereocenters. The van der Waals surface area contributed by atoms with Crippen LogP contribution in [-0.4, -0.2) is 112 Å². The molecule has 17 nitrogen and oxygen atoms in total. The molecule has 2 N–H and O–H groups in total. The van der Waals surface area contributed by atoms with Crippen molar-refractivity contribution >= 4 is 58.5 Å². The van der Waals surface area contributed by atoms with Crippen molar-refractivity contribution in [2.75, 3.05) is 45.0 Å². The molecule has 286 valence electrons. The molecule has 2 saturated heterocycles. The third kappa shape index (κ3) is 10.8. The first kappa shape index (κ1) is 39.6. The Morgan fingerprint density at radius 3 is 2.66 bits per heavy atom. The van der Waals surface area contributed by atoms with Crippen molar-refractivity contribution in [2.24, 2.45) is 5.16 Å². The van der Waals surface area contributed by atoms with Crippen LogP contribution in [0.25, 0.3) is 0 Å². The number of carbonyl (C=O) groups excluding carboxylic acids is 4. The Hall–Kier alpha value is -4.56. The lowest BCUT2D eigenvalue weighted by atomic mass is 10.0. The van der Waals surface area contributed by atoms with Crippen LogP contribution in [0.2, 0.25) is 0 Å². The van der Waals surface area contributed by atoms with Gasteiger partial charge >= 0.3 is 12.1 Å². The van der Waals surface area contributed by atoms with Crippen LogP contribution in [0.5, 0.6) is 5.75 Å². The van der Waals surface area contributed by atoms with Crippen molar-refractivity contribution in [2.45, 2.75) is 69.9 Å². The lowest BCUT2D eigenvalue weighted by Gasteiger charge is -2.49. The summed E-state index contributed by atoms with van der Waals surface area (Å²) in [5, 5.41) is 10.3. The van der Waals surface area contributed by atoms with Gasteiger partial charge in [0.25, 0.3) is 11.8 Å². The largest absolute Gasteiger partial charge is 0.497 e. The number of methoxy groups -OCH3 is 1. The number of oxime groups is 1. The Labute approximate surface area is 315 Å². The Morgan fingerprint density at radius 2 is 1.98 bits per heavy atom. The molecule has 1 aromatic carbocycles. The van der Waals surface area contributed by atoms with Crippen molar-refractivity contribution in [1.29, 1.82) is 0 Å². The van der Waals surface area contributed by atoms with Gasteiger partial charge in [0.2, 0.25) is 5.13 Å². The minimum atomic E-state index is -0.910. The highest BCUT2D eigenvalue weighted by atomic mass is 32.2. The number of esters is 1. The van der Waals surface area contributed by atoms with Gasteiger partial charge in [-0.1, -0.05) is 29.4 Å². The highest BCUT2D eigenvalue weighted by Gasteiger charge is 2.54. The molecule has 3 amide bonds. The number of carbonyl (C=O) groups is 4. The molecular formula is C34H43N7O10S2. The first-order valence-corrected chi connectivity index (χ1v) is 18.6. The van der Waals surface area contributed by atoms with Crippen LogP contribution in [0, 0.1) is 0 Å². The van der Waals surface area contributed by atoms with Crippen molar-refractivity contribution < 1.29 is 47.8 Å². The summed E-state index contributed by atoms with van der Waals surface area (Å²) in [5.41, 5.74) is 0.807. The minimum Gasteiger partial charge on any atom is -0.497 e. The van der Waals surface area contributed by atoms with E-state index >= 15 is 0 Å². The molecule has 19 heteroatoms. The highest BCUT2D eigenvalue weighted by Crippen LogP contribution is 2.41. The second-order valence-electron chi connectivity index (χ2n) is 12.9. The van der Waals surface area contributed by atoms with E-state index in [2.05, 4.69) is 25.1 Å². The summed E-state index contributed by atoms with van der Waals surface area (Å²) in [6.07, 6.45) is 3.79. The monoisotopic (exact) mass is 773 g/mol. The fourth-order valence-electron chi connectivity index (χ4n) is 5.29. The van der Waals surface area contributed by atoms with Crippen molar-refractivity contribution in [1.82, 2.24) is 24.6 Å². The molecule has 3 aliphatic rings. The normalized spacial score (nSPS) is 21.0. The van der Waals surface area contributed by atoms with Gasteiger partial charge in [-0.25, -0.2) is 14.6 Å². The van der Waals surface area contributed by atoms with Crippen molar-refractivity contribution in [3.63, 3.8) is 0 Å². The molecule has 0 aliphatic carbocycles. The fourth-order valence-corrected chi connectivity index (χ4v) is 7.21. The number of ether oxygens (including phenoxy) is 4. The zero-order valence-electron chi connectivity index (χ0n) is 30.2. The number of nitrogens with zero attached hydrogens (tertiary/aromatic N) is 5. The highest BCUT2D eigenvalue weighted by molar-refractivity contribution is 8.00. The number of amides is 3. The Balaban J connectivity index is 1.18. The molecule has 3 aliphatic heterocycles. The van der Waals surface area contributed by atoms with E-state index in [1.54, 1.807) is 70.2 Å². The number of hydrogen-bond donors (Lipinski definition) is 2. The quantitative estimate of drug-likeness (QED) is 0.116. The summed E-state index contributed by atoms with van der Waals surface area (Å²) in [4.78, 5) is 68.6. The average Bonchev–Trinajstić information content (AvgIpc) is 3.77. The van der Waals surface area contributed by atoms with E-state index in [0.717, 1.165) is 36.3 Å². The van der Waals surface area contributed by atoms with Crippen LogP contribution >= 0.6 is 23.3 Å². The molecule has 1 aromatic heterocycles. The number of thioether (sulfide) groups is 1. The smallest absolute Gasteiger partial charge is 0.414 e. The number of hydroxylamine groups is 2. The van der Waals surface area contributed by atoms with Crippen molar-refractivity contribution in [3.8, 4) is 5.75 Å². The lowest BCUT2D eigenvalue weighted by Crippen LogP contribution is -2.70. The summed E-state index contributed by atoms with van der Waals surface area (Å²) in [6.45, 7) is 7.94. The molecule has 2 aromatic rings. The molecule has 0 bridgehead atoms. The third-order valence-electron chi connectivity index (χ3n) is 7.75. The summed E-state index contributed by atoms with van der Waals surface area (Å²) in [6, 6.07) is 6.20. The van der Waals surface area contributed by atoms with Crippen LogP contribution in [0.4, 0.5) is 9.93 Å². The van der Waals surface area contributed by atoms with E-state index in [1.807, 2.05) is 13.1 Å². The van der Waals surface area contributed by atoms with E-state index in [0.29, 0.717) is 23.7 Å². The van der Waals surface area contributed by atoms with Gasteiger partial charge < -0.3 is 29.1 Å². The number of nitrogens with one attached hydrogen (secondary N) is 2. The van der Waals surface area contributed by atoms with Crippen LogP contribution in [0.1, 0.15) is 51.6 Å². The molecular weight excluding hydrogens is 731 g/mol. The standard InChI is InChI=1S/C34H43N7O10S2/c1-7-47-24(28-37-32(53-39-28)38-33(45)50-34(2,3)4)18-49-35-16-25(42)36-26-29(43)41-27(31(44)48-17-20-8-11-22(46-6)12-9-20)21(19-52-30(26)41)10-13-23-14-15-40(5)51-23/h8-13,16,23-24,26,30H,7,14-15,17-19H2,1-6H3,(H,36,42)(H,37,38,39,45)/b13-10+,35-16-/t23?,24?,26-,30+/m1/s1. The first-order chi connectivity index (χ1) is 25.3. The molecule has 53 heavy (non-hydrogen) atoms. The first-order valence-electron chi connectivity index (χ1n) is 16.8. The number of allylic oxidation sites excluding steroid dienone is 1. The maximum Gasteiger partial charge on any atom is 0.414 e. The zero-order chi connectivity index (χ0) is 38.1. The van der Waals surface area contributed by atoms with E-state index in [9.17, 15) is 19.2 Å². The Bertz CT molecular complexity index is 1730. The van der Waals surface area contributed by atoms with E-state index < -0.39 is 47.0 Å². The number of anilines is 1. The number of rotatable bonds is 15. The summed E-state index contributed by atoms with van der Waals surface area (Å²) in [5.74, 6) is -0.484. The zero-order valence-corrected chi connectivity index (χ0v) is 31.9. The van der Waals surface area contributed by atoms with Crippen LogP contribution < -0.4 is 15.4 Å². The second kappa shape index (κ2) is 18.0. The van der Waals surface area contributed by atoms with E-state index in [1.165, 1.54) is 16.7 Å². The molecule has 2 unspecified atom stereocenters. The van der Waals surface area contributed by atoms with Gasteiger partial charge in [0, 0.05) is 37.5 Å². The van der Waals surface area contributed by atoms with Gasteiger partial charge in [-0.15, -0.1) is 11.8 Å². The molecule has 5 rings (SSSR count). The minimum absolute atomic E-state index is 0.0108. The third-order valence-corrected chi connectivity index (χ3v) is 9.70. The predicted octanol–water partition coefficient (Wildman–Crippen LogP) is 3.56. The molecule has 4 heterocycles. The molecule has 0 radical (unpaired) electrons. The van der Waals surface area contributed by atoms with Crippen LogP contribution in [0.15, 0.2) is 52.8 Å². The van der Waals surface area contributed by atoms with Gasteiger partial charge in [-0.05, 0) is 57.4 Å². The maximum absolute atomic E-state index is 13.5. The average molecular weight is 774 g/mol. The van der Waals surface area contributed by atoms with Gasteiger partial charge in [0.15, 0.2) is 18.5 Å². The topological polar surface area (TPSA) is 192 Å². The summed E-state index contributed by atoms with van der Waals surface area (Å²) < 4.78 is 26.0. The molecule has 0 saturated carbocycles. The molecule has 2 fully saturated rings. The lowest BCUT2D eigenvalue weighted by molar-refractivity contribution is -0.153. The van der Waals surface area contributed by atoms with Gasteiger partial charge in [-0.2, -0.15) is 9.44 Å². The number of hydrogen-bond acceptors (Lipinski definition) is 16. The van der Waals surface area contributed by atoms with Gasteiger partial charge in [0.1, 0.15) is 41.3 Å². The summed E-state index contributed by atoms with van der Waals surface area (Å²) >= 11 is 2.35. The number of fused-ring (bicyclic) bond motifs is 1. The molecule has 0 spiro atoms. The Kier molecular flexibility index (Phi) is 13.4. The van der Waals surface area contributed by atoms with Gasteiger partial charge in [-0.3, -0.25) is 24.6 Å². The number of β-lactam (4-membered cyclic amide) rings is 1. The van der Waals surface area contributed by atoms with E-state index in [-0.39, 0.29) is 36.0 Å². The maximum atomic E-state index is 13.5. The predicted molar refractivity (Wildman–Crippen MR) is 195 cm³/mol. The Morgan fingerprint density at radius 1 is 1.21 bits per heavy atom. The number of aromatic nitrogens is 2. The van der Waals surface area contributed by atoms with E-state index in [4.69, 9.17) is 28.6 Å². The fraction of sp³-hybridized carbons (Fsp3) is 0.500. The SMILES string of the molecule is CCOC(CO/N=C\C(=O)N[C@@H]1C(=O)N2C(C(=O)OCc3ccc(OC)cc3)=C(/C=C/C3CCN(C)O3)CS[C@@H]12)c1nsc(NC(=O)OC(C)(C)C)n1. The summed E-state index contributed by atoms with van der Waals surface area (Å²) in [7, 11) is 3.41. The van der Waals surface area contributed by atoms with Gasteiger partial charge in [0.05, 0.1) is 13.2 Å². The van der Waals surface area contributed by atoms with Crippen LogP contribution in [-0.2, 0) is 44.9 Å². The number of benzene rings is 1.